The second-order valence-electron chi connectivity index (χ2n) is 8.23. The molecule has 0 bridgehead atoms. The fourth-order valence-electron chi connectivity index (χ4n) is 3.33. The van der Waals surface area contributed by atoms with Crippen LogP contribution in [0.25, 0.3) is 16.7 Å². The summed E-state index contributed by atoms with van der Waals surface area (Å²) in [5.41, 5.74) is 3.22. The number of anilines is 1. The van der Waals surface area contributed by atoms with Crippen LogP contribution in [0.3, 0.4) is 0 Å². The van der Waals surface area contributed by atoms with Gasteiger partial charge >= 0.3 is 0 Å². The molecule has 0 saturated carbocycles. The van der Waals surface area contributed by atoms with Crippen LogP contribution in [-0.4, -0.2) is 14.8 Å². The summed E-state index contributed by atoms with van der Waals surface area (Å²) in [6.07, 6.45) is 0. The van der Waals surface area contributed by atoms with Crippen LogP contribution in [0.1, 0.15) is 32.0 Å². The molecule has 0 fully saturated rings. The third-order valence-corrected chi connectivity index (χ3v) is 5.12. The highest BCUT2D eigenvalue weighted by atomic mass is 35.5. The van der Waals surface area contributed by atoms with Crippen LogP contribution in [0.4, 0.5) is 10.1 Å². The Morgan fingerprint density at radius 1 is 1.10 bits per heavy atom. The molecule has 5 nitrogen and oxygen atoms in total. The van der Waals surface area contributed by atoms with E-state index in [4.69, 9.17) is 16.7 Å². The molecule has 0 aliphatic rings. The van der Waals surface area contributed by atoms with Crippen LogP contribution in [-0.2, 0) is 12.0 Å². The zero-order chi connectivity index (χ0) is 21.5. The summed E-state index contributed by atoms with van der Waals surface area (Å²) in [5.74, 6) is -0.302. The maximum absolute atomic E-state index is 13.1. The van der Waals surface area contributed by atoms with Crippen LogP contribution in [0, 0.1) is 5.82 Å². The van der Waals surface area contributed by atoms with Crippen molar-refractivity contribution in [3.8, 4) is 5.69 Å². The number of halogens is 2. The molecule has 0 saturated heterocycles. The van der Waals surface area contributed by atoms with Gasteiger partial charge in [0.1, 0.15) is 11.5 Å². The van der Waals surface area contributed by atoms with Gasteiger partial charge in [-0.25, -0.2) is 9.07 Å². The molecule has 2 heterocycles. The monoisotopic (exact) mass is 424 g/mol. The van der Waals surface area contributed by atoms with Crippen molar-refractivity contribution in [2.24, 2.45) is 0 Å². The van der Waals surface area contributed by atoms with Crippen LogP contribution in [0.2, 0.25) is 5.02 Å². The number of H-pyrrole nitrogens is 1. The predicted molar refractivity (Wildman–Crippen MR) is 119 cm³/mol. The Labute approximate surface area is 178 Å². The Hall–Kier alpha value is -3.12. The molecule has 0 aliphatic carbocycles. The van der Waals surface area contributed by atoms with E-state index in [-0.39, 0.29) is 16.8 Å². The largest absolute Gasteiger partial charge is 0.381 e. The van der Waals surface area contributed by atoms with Crippen LogP contribution in [0.5, 0.6) is 0 Å². The van der Waals surface area contributed by atoms with Gasteiger partial charge < -0.3 is 10.3 Å². The van der Waals surface area contributed by atoms with E-state index < -0.39 is 0 Å². The average Bonchev–Trinajstić information content (AvgIpc) is 3.06. The average molecular weight is 425 g/mol. The van der Waals surface area contributed by atoms with Gasteiger partial charge in [0, 0.05) is 33.6 Å². The second kappa shape index (κ2) is 7.61. The van der Waals surface area contributed by atoms with Gasteiger partial charge in [-0.1, -0.05) is 32.4 Å². The van der Waals surface area contributed by atoms with E-state index in [9.17, 15) is 9.18 Å². The Kier molecular flexibility index (Phi) is 5.12. The number of pyridine rings is 1. The highest BCUT2D eigenvalue weighted by molar-refractivity contribution is 6.30. The summed E-state index contributed by atoms with van der Waals surface area (Å²) in [7, 11) is 0. The first kappa shape index (κ1) is 20.2. The summed E-state index contributed by atoms with van der Waals surface area (Å²) in [6.45, 7) is 6.57. The van der Waals surface area contributed by atoms with Gasteiger partial charge in [0.25, 0.3) is 5.56 Å². The molecule has 0 atom stereocenters. The minimum absolute atomic E-state index is 0.201. The maximum Gasteiger partial charge on any atom is 0.254 e. The van der Waals surface area contributed by atoms with Gasteiger partial charge in [-0.3, -0.25) is 4.79 Å². The smallest absolute Gasteiger partial charge is 0.254 e. The summed E-state index contributed by atoms with van der Waals surface area (Å²) in [6, 6.07) is 15.2. The minimum atomic E-state index is -0.302. The van der Waals surface area contributed by atoms with Crippen LogP contribution < -0.4 is 10.9 Å². The van der Waals surface area contributed by atoms with E-state index in [1.165, 1.54) is 12.1 Å². The molecule has 7 heteroatoms. The Balaban J connectivity index is 1.79. The quantitative estimate of drug-likeness (QED) is 0.460. The molecule has 154 valence electrons. The lowest BCUT2D eigenvalue weighted by molar-refractivity contribution is 0.565. The van der Waals surface area contributed by atoms with E-state index in [0.717, 1.165) is 22.5 Å². The number of nitrogens with one attached hydrogen (secondary N) is 2. The van der Waals surface area contributed by atoms with Crippen molar-refractivity contribution in [2.45, 2.75) is 32.7 Å². The predicted octanol–water partition coefficient (Wildman–Crippen LogP) is 5.42. The molecule has 0 unspecified atom stereocenters. The number of hydrogen-bond acceptors (Lipinski definition) is 3. The lowest BCUT2D eigenvalue weighted by Gasteiger charge is -2.15. The van der Waals surface area contributed by atoms with Crippen molar-refractivity contribution in [3.05, 3.63) is 87.0 Å². The van der Waals surface area contributed by atoms with E-state index in [1.807, 2.05) is 18.2 Å². The summed E-state index contributed by atoms with van der Waals surface area (Å²) in [5, 5.41) is 9.50. The number of nitrogens with zero attached hydrogens (tertiary/aromatic N) is 2. The molecule has 0 amide bonds. The molecule has 4 rings (SSSR count). The number of hydrogen-bond donors (Lipinski definition) is 2. The molecule has 0 aliphatic heterocycles. The van der Waals surface area contributed by atoms with Crippen LogP contribution >= 0.6 is 11.6 Å². The zero-order valence-corrected chi connectivity index (χ0v) is 17.7. The van der Waals surface area contributed by atoms with Gasteiger partial charge in [0.2, 0.25) is 0 Å². The number of aromatic amines is 1. The van der Waals surface area contributed by atoms with Crippen molar-refractivity contribution < 1.29 is 4.39 Å². The van der Waals surface area contributed by atoms with E-state index >= 15 is 0 Å². The molecule has 2 N–H and O–H groups in total. The second-order valence-corrected chi connectivity index (χ2v) is 8.67. The van der Waals surface area contributed by atoms with E-state index in [1.54, 1.807) is 28.9 Å². The maximum atomic E-state index is 13.1. The summed E-state index contributed by atoms with van der Waals surface area (Å²) < 4.78 is 14.9. The summed E-state index contributed by atoms with van der Waals surface area (Å²) in [4.78, 5) is 15.8. The Morgan fingerprint density at radius 2 is 1.77 bits per heavy atom. The molecular weight excluding hydrogens is 403 g/mol. The van der Waals surface area contributed by atoms with E-state index in [2.05, 4.69) is 31.1 Å². The van der Waals surface area contributed by atoms with Crippen molar-refractivity contribution in [1.82, 2.24) is 14.8 Å². The normalized spacial score (nSPS) is 11.8. The molecule has 4 aromatic rings. The van der Waals surface area contributed by atoms with Crippen LogP contribution in [0.15, 0.2) is 59.4 Å². The van der Waals surface area contributed by atoms with Crippen molar-refractivity contribution in [2.75, 3.05) is 5.32 Å². The minimum Gasteiger partial charge on any atom is -0.381 e. The van der Waals surface area contributed by atoms with Gasteiger partial charge in [0.05, 0.1) is 11.4 Å². The fourth-order valence-corrected chi connectivity index (χ4v) is 3.46. The number of aromatic nitrogens is 3. The van der Waals surface area contributed by atoms with Gasteiger partial charge in [0.15, 0.2) is 0 Å². The molecule has 0 spiro atoms. The van der Waals surface area contributed by atoms with Gasteiger partial charge in [-0.2, -0.15) is 5.10 Å². The number of fused-ring (bicyclic) bond motifs is 1. The first-order chi connectivity index (χ1) is 14.2. The zero-order valence-electron chi connectivity index (χ0n) is 17.0. The van der Waals surface area contributed by atoms with Gasteiger partial charge in [-0.05, 0) is 54.6 Å². The fraction of sp³-hybridized carbons (Fsp3) is 0.217. The molecule has 2 aromatic heterocycles. The highest BCUT2D eigenvalue weighted by Crippen LogP contribution is 2.30. The molecule has 0 radical (unpaired) electrons. The topological polar surface area (TPSA) is 62.7 Å². The lowest BCUT2D eigenvalue weighted by atomic mass is 9.90. The highest BCUT2D eigenvalue weighted by Gasteiger charge is 2.24. The van der Waals surface area contributed by atoms with Crippen molar-refractivity contribution in [1.29, 1.82) is 0 Å². The van der Waals surface area contributed by atoms with Crippen molar-refractivity contribution >= 4 is 28.3 Å². The number of rotatable bonds is 4. The molecular formula is C23H22ClFN4O. The lowest BCUT2D eigenvalue weighted by Crippen LogP contribution is -2.17. The Morgan fingerprint density at radius 3 is 2.40 bits per heavy atom. The molecule has 2 aromatic carbocycles. The van der Waals surface area contributed by atoms with E-state index in [0.29, 0.717) is 22.8 Å². The first-order valence-electron chi connectivity index (χ1n) is 9.63. The van der Waals surface area contributed by atoms with Crippen molar-refractivity contribution in [3.63, 3.8) is 0 Å². The Bertz CT molecular complexity index is 1250. The third kappa shape index (κ3) is 3.96. The number of benzene rings is 2. The van der Waals surface area contributed by atoms with Gasteiger partial charge in [-0.15, -0.1) is 0 Å². The SMILES string of the molecule is CC(C)(C)c1nn(-c2ccc(Cl)cc2)c2[nH]c(=O)c(CNc3ccc(F)cc3)cc12. The first-order valence-corrected chi connectivity index (χ1v) is 10.0. The standard InChI is InChI=1S/C23H22ClFN4O/c1-23(2,3)20-19-12-14(13-26-17-8-6-16(25)7-9-17)22(30)27-21(19)29(28-20)18-10-4-15(24)5-11-18/h4-12,26H,13H2,1-3H3,(H,27,30). The summed E-state index contributed by atoms with van der Waals surface area (Å²) >= 11 is 6.02. The molecule has 30 heavy (non-hydrogen) atoms. The third-order valence-electron chi connectivity index (χ3n) is 4.87.